The van der Waals surface area contributed by atoms with E-state index in [1.54, 1.807) is 0 Å². The molecule has 0 saturated heterocycles. The molecule has 3 aromatic carbocycles. The average Bonchev–Trinajstić information content (AvgIpc) is 2.87. The lowest BCUT2D eigenvalue weighted by molar-refractivity contribution is 0.296. The summed E-state index contributed by atoms with van der Waals surface area (Å²) in [5.41, 5.74) is 3.05. The third kappa shape index (κ3) is 7.55. The second kappa shape index (κ2) is 14.5. The molecular formula is C32H48N2. The van der Waals surface area contributed by atoms with Crippen LogP contribution in [0.5, 0.6) is 0 Å². The van der Waals surface area contributed by atoms with Crippen molar-refractivity contribution < 1.29 is 0 Å². The number of fused-ring (bicyclic) bond motifs is 2. The molecule has 0 atom stereocenters. The van der Waals surface area contributed by atoms with Crippen molar-refractivity contribution in [2.24, 2.45) is 0 Å². The number of hydrogen-bond donors (Lipinski definition) is 0. The fraction of sp³-hybridized carbons (Fsp3) is 0.562. The highest BCUT2D eigenvalue weighted by Gasteiger charge is 2.07. The largest absolute Gasteiger partial charge is 0.304 e. The second-order valence-corrected chi connectivity index (χ2v) is 9.80. The van der Waals surface area contributed by atoms with E-state index in [0.29, 0.717) is 0 Å². The monoisotopic (exact) mass is 460 g/mol. The molecule has 0 amide bonds. The zero-order valence-corrected chi connectivity index (χ0v) is 22.4. The summed E-state index contributed by atoms with van der Waals surface area (Å²) < 4.78 is 0. The van der Waals surface area contributed by atoms with Crippen LogP contribution in [-0.2, 0) is 12.8 Å². The molecule has 0 unspecified atom stereocenters. The van der Waals surface area contributed by atoms with E-state index < -0.39 is 0 Å². The molecule has 0 aliphatic rings. The number of nitrogens with zero attached hydrogens (tertiary/aromatic N) is 2. The minimum Gasteiger partial charge on any atom is -0.304 e. The van der Waals surface area contributed by atoms with Crippen molar-refractivity contribution in [3.05, 3.63) is 59.7 Å². The molecule has 2 nitrogen and oxygen atoms in total. The van der Waals surface area contributed by atoms with E-state index in [4.69, 9.17) is 0 Å². The van der Waals surface area contributed by atoms with Crippen LogP contribution in [0.4, 0.5) is 0 Å². The molecule has 0 aliphatic heterocycles. The Labute approximate surface area is 209 Å². The Bertz CT molecular complexity index is 908. The maximum atomic E-state index is 2.54. The first-order chi connectivity index (χ1) is 16.7. The predicted octanol–water partition coefficient (Wildman–Crippen LogP) is 8.10. The van der Waals surface area contributed by atoms with Gasteiger partial charge in [0.25, 0.3) is 0 Å². The Kier molecular flexibility index (Phi) is 11.4. The molecule has 0 aliphatic carbocycles. The minimum atomic E-state index is 1.17. The van der Waals surface area contributed by atoms with Gasteiger partial charge in [-0.1, -0.05) is 76.9 Å². The summed E-state index contributed by atoms with van der Waals surface area (Å²) in [7, 11) is 0. The Morgan fingerprint density at radius 2 is 0.941 bits per heavy atom. The fourth-order valence-corrected chi connectivity index (χ4v) is 5.35. The Morgan fingerprint density at radius 3 is 1.35 bits per heavy atom. The first-order valence-electron chi connectivity index (χ1n) is 14.1. The van der Waals surface area contributed by atoms with E-state index in [2.05, 4.69) is 86.0 Å². The van der Waals surface area contributed by atoms with Gasteiger partial charge in [-0.15, -0.1) is 0 Å². The number of aryl methyl sites for hydroxylation is 2. The molecule has 0 fully saturated rings. The van der Waals surface area contributed by atoms with Crippen LogP contribution in [0, 0.1) is 0 Å². The van der Waals surface area contributed by atoms with Crippen LogP contribution in [0.25, 0.3) is 21.5 Å². The molecule has 0 heterocycles. The Hall–Kier alpha value is -1.90. The van der Waals surface area contributed by atoms with Crippen LogP contribution >= 0.6 is 0 Å². The smallest absolute Gasteiger partial charge is 0.00190 e. The number of unbranched alkanes of at least 4 members (excludes halogenated alkanes) is 4. The van der Waals surface area contributed by atoms with Crippen molar-refractivity contribution in [1.29, 1.82) is 0 Å². The van der Waals surface area contributed by atoms with E-state index in [1.165, 1.54) is 123 Å². The lowest BCUT2D eigenvalue weighted by atomic mass is 9.93. The van der Waals surface area contributed by atoms with Crippen molar-refractivity contribution in [2.75, 3.05) is 39.3 Å². The van der Waals surface area contributed by atoms with Crippen molar-refractivity contribution in [2.45, 2.75) is 79.1 Å². The van der Waals surface area contributed by atoms with Crippen LogP contribution in [-0.4, -0.2) is 49.1 Å². The number of hydrogen-bond acceptors (Lipinski definition) is 2. The van der Waals surface area contributed by atoms with Gasteiger partial charge in [-0.3, -0.25) is 0 Å². The van der Waals surface area contributed by atoms with E-state index in [9.17, 15) is 0 Å². The van der Waals surface area contributed by atoms with E-state index in [1.807, 2.05) is 0 Å². The van der Waals surface area contributed by atoms with Gasteiger partial charge in [0.05, 0.1) is 0 Å². The molecule has 0 bridgehead atoms. The van der Waals surface area contributed by atoms with Crippen LogP contribution < -0.4 is 0 Å². The second-order valence-electron chi connectivity index (χ2n) is 9.80. The third-order valence-corrected chi connectivity index (χ3v) is 7.69. The maximum Gasteiger partial charge on any atom is -0.00190 e. The van der Waals surface area contributed by atoms with Gasteiger partial charge in [-0.05, 0) is 123 Å². The van der Waals surface area contributed by atoms with Gasteiger partial charge in [-0.25, -0.2) is 0 Å². The van der Waals surface area contributed by atoms with Crippen LogP contribution in [0.1, 0.15) is 77.3 Å². The Morgan fingerprint density at radius 1 is 0.500 bits per heavy atom. The van der Waals surface area contributed by atoms with E-state index >= 15 is 0 Å². The Balaban J connectivity index is 1.65. The van der Waals surface area contributed by atoms with Gasteiger partial charge in [-0.2, -0.15) is 0 Å². The molecule has 0 radical (unpaired) electrons. The highest BCUT2D eigenvalue weighted by atomic mass is 15.1. The zero-order valence-electron chi connectivity index (χ0n) is 22.4. The summed E-state index contributed by atoms with van der Waals surface area (Å²) in [5.74, 6) is 0. The van der Waals surface area contributed by atoms with Crippen molar-refractivity contribution in [3.63, 3.8) is 0 Å². The summed E-state index contributed by atoms with van der Waals surface area (Å²) >= 11 is 0. The van der Waals surface area contributed by atoms with Crippen LogP contribution in [0.15, 0.2) is 48.5 Å². The SMILES string of the molecule is CCN(CC)CCCCCc1cccc2cc3cccc(CCCCCN(CC)CC)c3cc12. The summed E-state index contributed by atoms with van der Waals surface area (Å²) in [6, 6.07) is 18.7. The quantitative estimate of drug-likeness (QED) is 0.157. The lowest BCUT2D eigenvalue weighted by Gasteiger charge is -2.17. The molecule has 0 spiro atoms. The first-order valence-corrected chi connectivity index (χ1v) is 14.1. The minimum absolute atomic E-state index is 1.17. The molecule has 0 aromatic heterocycles. The standard InChI is InChI=1S/C32H48N2/c1-5-33(6-2)23-13-9-11-17-27-19-15-21-29-25-30-22-16-20-28(32(30)26-31(27)29)18-12-10-14-24-34(7-3)8-4/h15-16,19-22,25-26H,5-14,17-18,23-24H2,1-4H3. The summed E-state index contributed by atoms with van der Waals surface area (Å²) in [4.78, 5) is 5.07. The van der Waals surface area contributed by atoms with Crippen molar-refractivity contribution in [1.82, 2.24) is 9.80 Å². The number of benzene rings is 3. The number of rotatable bonds is 16. The van der Waals surface area contributed by atoms with Crippen LogP contribution in [0.2, 0.25) is 0 Å². The summed E-state index contributed by atoms with van der Waals surface area (Å²) in [6.45, 7) is 16.2. The average molecular weight is 461 g/mol. The molecule has 34 heavy (non-hydrogen) atoms. The van der Waals surface area contributed by atoms with Gasteiger partial charge < -0.3 is 9.80 Å². The molecule has 186 valence electrons. The van der Waals surface area contributed by atoms with E-state index in [0.717, 1.165) is 0 Å². The third-order valence-electron chi connectivity index (χ3n) is 7.69. The fourth-order valence-electron chi connectivity index (χ4n) is 5.35. The van der Waals surface area contributed by atoms with Gasteiger partial charge in [0.15, 0.2) is 0 Å². The van der Waals surface area contributed by atoms with Gasteiger partial charge in [0, 0.05) is 0 Å². The van der Waals surface area contributed by atoms with Crippen LogP contribution in [0.3, 0.4) is 0 Å². The first kappa shape index (κ1) is 26.7. The lowest BCUT2D eigenvalue weighted by Crippen LogP contribution is -2.23. The molecule has 0 saturated carbocycles. The van der Waals surface area contributed by atoms with Gasteiger partial charge in [0.1, 0.15) is 0 Å². The topological polar surface area (TPSA) is 6.48 Å². The molecule has 0 N–H and O–H groups in total. The van der Waals surface area contributed by atoms with Gasteiger partial charge in [0.2, 0.25) is 0 Å². The highest BCUT2D eigenvalue weighted by molar-refractivity contribution is 6.01. The van der Waals surface area contributed by atoms with Crippen molar-refractivity contribution in [3.8, 4) is 0 Å². The normalized spacial score (nSPS) is 11.9. The molecule has 2 heteroatoms. The summed E-state index contributed by atoms with van der Waals surface area (Å²) in [6.07, 6.45) is 10.2. The van der Waals surface area contributed by atoms with E-state index in [-0.39, 0.29) is 0 Å². The highest BCUT2D eigenvalue weighted by Crippen LogP contribution is 2.29. The predicted molar refractivity (Wildman–Crippen MR) is 152 cm³/mol. The van der Waals surface area contributed by atoms with Crippen molar-refractivity contribution >= 4 is 21.5 Å². The maximum absolute atomic E-state index is 2.54. The van der Waals surface area contributed by atoms with Gasteiger partial charge >= 0.3 is 0 Å². The molecular weight excluding hydrogens is 412 g/mol. The molecule has 3 rings (SSSR count). The zero-order chi connectivity index (χ0) is 24.2. The summed E-state index contributed by atoms with van der Waals surface area (Å²) in [5, 5.41) is 5.72. The molecule has 3 aromatic rings.